The molecule has 1 atom stereocenters. The van der Waals surface area contributed by atoms with Crippen LogP contribution in [0.25, 0.3) is 5.69 Å². The minimum Gasteiger partial charge on any atom is -0.465 e. The summed E-state index contributed by atoms with van der Waals surface area (Å²) in [5, 5.41) is 31.0. The highest BCUT2D eigenvalue weighted by molar-refractivity contribution is 5.65. The molecule has 0 radical (unpaired) electrons. The molecule has 0 aliphatic carbocycles. The Hall–Kier alpha value is -3.74. The highest BCUT2D eigenvalue weighted by Gasteiger charge is 2.28. The van der Waals surface area contributed by atoms with Crippen molar-refractivity contribution in [3.63, 3.8) is 0 Å². The van der Waals surface area contributed by atoms with Gasteiger partial charge in [0.15, 0.2) is 5.82 Å². The quantitative estimate of drug-likeness (QED) is 0.498. The molecule has 0 saturated carbocycles. The number of hydrogen-bond donors (Lipinski definition) is 1. The van der Waals surface area contributed by atoms with E-state index in [2.05, 4.69) is 44.4 Å². The highest BCUT2D eigenvalue weighted by atomic mass is 16.4. The van der Waals surface area contributed by atoms with Gasteiger partial charge in [-0.15, -0.1) is 5.10 Å². The van der Waals surface area contributed by atoms with Crippen LogP contribution in [0.3, 0.4) is 0 Å². The van der Waals surface area contributed by atoms with Gasteiger partial charge in [0.2, 0.25) is 0 Å². The Kier molecular flexibility index (Phi) is 7.15. The average Bonchev–Trinajstić information content (AvgIpc) is 3.45. The van der Waals surface area contributed by atoms with Gasteiger partial charge < -0.3 is 14.6 Å². The number of benzene rings is 1. The number of carboxylic acid groups (broad SMARTS) is 1. The Morgan fingerprint density at radius 1 is 1.29 bits per heavy atom. The number of imidazole rings is 1. The van der Waals surface area contributed by atoms with Crippen molar-refractivity contribution >= 4 is 6.09 Å². The lowest BCUT2D eigenvalue weighted by molar-refractivity contribution is 0.0986. The standard InChI is InChI=1S/C25H32N8O2/c1-25(2,3)32(24(34)35)14-6-9-19(23-28-29-30-33(23)15-7-13-26)16-20-22-12-11-18-8-4-5-10-21(18)31(22)17-27-20/h4-5,8,10,17,19H,6-7,9,11-12,14-16H2,1-3H3,(H,34,35). The molecule has 1 unspecified atom stereocenters. The van der Waals surface area contributed by atoms with E-state index in [9.17, 15) is 9.90 Å². The molecule has 0 bridgehead atoms. The summed E-state index contributed by atoms with van der Waals surface area (Å²) in [4.78, 5) is 18.0. The number of tetrazole rings is 1. The lowest BCUT2D eigenvalue weighted by Crippen LogP contribution is -2.45. The molecule has 1 aliphatic heterocycles. The number of amides is 1. The summed E-state index contributed by atoms with van der Waals surface area (Å²) in [6.45, 7) is 6.54. The number of nitrogens with zero attached hydrogens (tertiary/aromatic N) is 8. The van der Waals surface area contributed by atoms with E-state index < -0.39 is 11.6 Å². The van der Waals surface area contributed by atoms with Crippen LogP contribution >= 0.6 is 0 Å². The van der Waals surface area contributed by atoms with Crippen LogP contribution in [-0.2, 0) is 25.8 Å². The van der Waals surface area contributed by atoms with Gasteiger partial charge in [-0.05, 0) is 68.5 Å². The lowest BCUT2D eigenvalue weighted by atomic mass is 9.93. The first-order chi connectivity index (χ1) is 16.8. The topological polar surface area (TPSA) is 126 Å². The Bertz CT molecular complexity index is 1220. The second-order valence-electron chi connectivity index (χ2n) is 9.95. The van der Waals surface area contributed by atoms with Crippen molar-refractivity contribution in [2.45, 2.75) is 77.3 Å². The van der Waals surface area contributed by atoms with Crippen LogP contribution in [0.2, 0.25) is 0 Å². The third kappa shape index (κ3) is 5.34. The van der Waals surface area contributed by atoms with Crippen LogP contribution in [0.1, 0.15) is 68.7 Å². The molecule has 184 valence electrons. The van der Waals surface area contributed by atoms with Crippen LogP contribution in [0, 0.1) is 11.3 Å². The first-order valence-electron chi connectivity index (χ1n) is 12.1. The number of aromatic nitrogens is 6. The predicted molar refractivity (Wildman–Crippen MR) is 129 cm³/mol. The van der Waals surface area contributed by atoms with Crippen molar-refractivity contribution in [3.8, 4) is 11.8 Å². The van der Waals surface area contributed by atoms with E-state index in [-0.39, 0.29) is 5.92 Å². The average molecular weight is 477 g/mol. The molecule has 0 fully saturated rings. The zero-order valence-corrected chi connectivity index (χ0v) is 20.6. The number of para-hydroxylation sites is 1. The third-order valence-electron chi connectivity index (χ3n) is 6.61. The van der Waals surface area contributed by atoms with Gasteiger partial charge in [-0.2, -0.15) is 5.26 Å². The lowest BCUT2D eigenvalue weighted by Gasteiger charge is -2.33. The summed E-state index contributed by atoms with van der Waals surface area (Å²) in [7, 11) is 0. The van der Waals surface area contributed by atoms with Crippen molar-refractivity contribution in [3.05, 3.63) is 53.4 Å². The number of rotatable bonds is 9. The molecule has 3 heterocycles. The van der Waals surface area contributed by atoms with E-state index in [4.69, 9.17) is 10.2 Å². The summed E-state index contributed by atoms with van der Waals surface area (Å²) >= 11 is 0. The molecule has 0 saturated heterocycles. The van der Waals surface area contributed by atoms with Gasteiger partial charge in [0.25, 0.3) is 0 Å². The molecule has 10 heteroatoms. The first-order valence-corrected chi connectivity index (χ1v) is 12.1. The fraction of sp³-hybridized carbons (Fsp3) is 0.520. The largest absolute Gasteiger partial charge is 0.465 e. The molecule has 4 rings (SSSR count). The minimum absolute atomic E-state index is 0.0453. The first kappa shape index (κ1) is 24.4. The number of hydrogen-bond acceptors (Lipinski definition) is 6. The van der Waals surface area contributed by atoms with Crippen molar-refractivity contribution in [1.82, 2.24) is 34.7 Å². The second kappa shape index (κ2) is 10.3. The molecule has 2 aromatic heterocycles. The molecule has 1 N–H and O–H groups in total. The molecule has 35 heavy (non-hydrogen) atoms. The van der Waals surface area contributed by atoms with Crippen LogP contribution in [0.5, 0.6) is 0 Å². The normalized spacial score (nSPS) is 13.5. The van der Waals surface area contributed by atoms with Gasteiger partial charge in [-0.25, -0.2) is 14.5 Å². The molecule has 1 amide bonds. The zero-order valence-electron chi connectivity index (χ0n) is 20.6. The van der Waals surface area contributed by atoms with Crippen molar-refractivity contribution < 1.29 is 9.90 Å². The summed E-state index contributed by atoms with van der Waals surface area (Å²) in [5.41, 5.74) is 4.23. The summed E-state index contributed by atoms with van der Waals surface area (Å²) in [6.07, 6.45) is 5.19. The minimum atomic E-state index is -0.922. The zero-order chi connectivity index (χ0) is 25.0. The molecule has 1 aliphatic rings. The van der Waals surface area contributed by atoms with Crippen LogP contribution in [0.4, 0.5) is 4.79 Å². The SMILES string of the molecule is CC(C)(C)N(CCCC(Cc1ncn2c1CCc1ccccc1-2)c1nnnn1CCC#N)C(=O)O. The number of fused-ring (bicyclic) bond motifs is 3. The smallest absolute Gasteiger partial charge is 0.407 e. The van der Waals surface area contributed by atoms with E-state index >= 15 is 0 Å². The fourth-order valence-electron chi connectivity index (χ4n) is 4.85. The van der Waals surface area contributed by atoms with Gasteiger partial charge in [0, 0.05) is 35.8 Å². The van der Waals surface area contributed by atoms with E-state index in [0.29, 0.717) is 38.8 Å². The van der Waals surface area contributed by atoms with Gasteiger partial charge >= 0.3 is 6.09 Å². The monoisotopic (exact) mass is 476 g/mol. The predicted octanol–water partition coefficient (Wildman–Crippen LogP) is 3.76. The molecule has 3 aromatic rings. The third-order valence-corrected chi connectivity index (χ3v) is 6.61. The highest BCUT2D eigenvalue weighted by Crippen LogP contribution is 2.31. The Balaban J connectivity index is 1.58. The number of nitriles is 1. The van der Waals surface area contributed by atoms with E-state index in [1.54, 1.807) is 4.68 Å². The molecule has 1 aromatic carbocycles. The van der Waals surface area contributed by atoms with Gasteiger partial charge in [-0.1, -0.05) is 18.2 Å². The number of carbonyl (C=O) groups is 1. The Morgan fingerprint density at radius 2 is 2.09 bits per heavy atom. The second-order valence-corrected chi connectivity index (χ2v) is 9.95. The van der Waals surface area contributed by atoms with Gasteiger partial charge in [0.1, 0.15) is 0 Å². The summed E-state index contributed by atoms with van der Waals surface area (Å²) < 4.78 is 3.88. The van der Waals surface area contributed by atoms with Crippen LogP contribution < -0.4 is 0 Å². The molecule has 0 spiro atoms. The maximum absolute atomic E-state index is 11.8. The summed E-state index contributed by atoms with van der Waals surface area (Å²) in [6, 6.07) is 10.5. The maximum Gasteiger partial charge on any atom is 0.407 e. The van der Waals surface area contributed by atoms with E-state index in [1.807, 2.05) is 33.2 Å². The Morgan fingerprint density at radius 3 is 2.83 bits per heavy atom. The van der Waals surface area contributed by atoms with Crippen molar-refractivity contribution in [2.24, 2.45) is 0 Å². The van der Waals surface area contributed by atoms with Gasteiger partial charge in [-0.3, -0.25) is 0 Å². The maximum atomic E-state index is 11.8. The van der Waals surface area contributed by atoms with Crippen LogP contribution in [-0.4, -0.2) is 57.9 Å². The molecular weight excluding hydrogens is 444 g/mol. The molecular formula is C25H32N8O2. The molecule has 10 nitrogen and oxygen atoms in total. The van der Waals surface area contributed by atoms with Gasteiger partial charge in [0.05, 0.1) is 31.1 Å². The summed E-state index contributed by atoms with van der Waals surface area (Å²) in [5.74, 6) is 0.673. The van der Waals surface area contributed by atoms with Crippen LogP contribution in [0.15, 0.2) is 30.6 Å². The van der Waals surface area contributed by atoms with E-state index in [0.717, 1.165) is 24.4 Å². The van der Waals surface area contributed by atoms with Crippen molar-refractivity contribution in [2.75, 3.05) is 6.54 Å². The fourth-order valence-corrected chi connectivity index (χ4v) is 4.85. The van der Waals surface area contributed by atoms with E-state index in [1.165, 1.54) is 21.8 Å². The number of aryl methyl sites for hydroxylation is 2. The van der Waals surface area contributed by atoms with Crippen molar-refractivity contribution in [1.29, 1.82) is 5.26 Å². The Labute approximate surface area is 205 Å².